The van der Waals surface area contributed by atoms with E-state index in [0.717, 1.165) is 17.2 Å². The van der Waals surface area contributed by atoms with E-state index in [2.05, 4.69) is 67.5 Å². The van der Waals surface area contributed by atoms with Gasteiger partial charge < -0.3 is 10.2 Å². The van der Waals surface area contributed by atoms with E-state index in [-0.39, 0.29) is 5.41 Å². The molecule has 0 aliphatic rings. The number of unbranched alkanes of at least 4 members (excludes halogenated alkanes) is 2. The van der Waals surface area contributed by atoms with Gasteiger partial charge in [-0.15, -0.1) is 0 Å². The van der Waals surface area contributed by atoms with Crippen molar-refractivity contribution in [1.29, 1.82) is 0 Å². The van der Waals surface area contributed by atoms with E-state index in [4.69, 9.17) is 5.11 Å². The molecular weight excluding hydrogens is 404 g/mol. The molecule has 0 saturated carbocycles. The topological polar surface area (TPSA) is 40.5 Å². The highest BCUT2D eigenvalue weighted by molar-refractivity contribution is 5.83. The van der Waals surface area contributed by atoms with Crippen LogP contribution in [0.4, 0.5) is 0 Å². The van der Waals surface area contributed by atoms with E-state index < -0.39 is 0 Å². The van der Waals surface area contributed by atoms with Crippen molar-refractivity contribution in [1.82, 2.24) is 0 Å². The van der Waals surface area contributed by atoms with Crippen LogP contribution >= 0.6 is 0 Å². The lowest BCUT2D eigenvalue weighted by Gasteiger charge is -2.36. The van der Waals surface area contributed by atoms with E-state index in [0.29, 0.717) is 22.8 Å². The summed E-state index contributed by atoms with van der Waals surface area (Å²) >= 11 is 0. The van der Waals surface area contributed by atoms with Gasteiger partial charge in [-0.1, -0.05) is 117 Å². The zero-order valence-corrected chi connectivity index (χ0v) is 22.2. The van der Waals surface area contributed by atoms with Crippen molar-refractivity contribution in [2.24, 2.45) is 10.8 Å². The lowest BCUT2D eigenvalue weighted by molar-refractivity contribution is 0.229. The Labute approximate surface area is 202 Å². The highest BCUT2D eigenvalue weighted by Crippen LogP contribution is 2.43. The minimum Gasteiger partial charge on any atom is -0.508 e. The standard InChI is InChI=1S/C16H26O.C10H8O.C5H12/c1-15(2,3)11-14(16(4,5)6)12-7-9-13(17)10-8-12;11-10-6-5-8-3-1-2-4-9(8)7-10;1-3-5-4-2/h7-10,14,17H,11H2,1-6H3;1-7,11H;3-5H2,1-2H3. The lowest BCUT2D eigenvalue weighted by atomic mass is 9.69. The number of rotatable bonds is 4. The number of benzene rings is 3. The molecule has 0 radical (unpaired) electrons. The quantitative estimate of drug-likeness (QED) is 0.415. The lowest BCUT2D eigenvalue weighted by Crippen LogP contribution is -2.23. The molecule has 1 atom stereocenters. The van der Waals surface area contributed by atoms with Crippen molar-refractivity contribution in [2.75, 3.05) is 0 Å². The first-order chi connectivity index (χ1) is 15.4. The number of hydrogen-bond acceptors (Lipinski definition) is 2. The molecule has 33 heavy (non-hydrogen) atoms. The van der Waals surface area contributed by atoms with E-state index in [9.17, 15) is 5.11 Å². The predicted octanol–water partition coefficient (Wildman–Crippen LogP) is 9.70. The monoisotopic (exact) mass is 450 g/mol. The van der Waals surface area contributed by atoms with Gasteiger partial charge in [0.05, 0.1) is 0 Å². The molecule has 0 saturated heterocycles. The molecule has 182 valence electrons. The Morgan fingerprint density at radius 1 is 0.667 bits per heavy atom. The van der Waals surface area contributed by atoms with Crippen LogP contribution in [0, 0.1) is 10.8 Å². The molecule has 3 aromatic rings. The van der Waals surface area contributed by atoms with Gasteiger partial charge in [0, 0.05) is 0 Å². The van der Waals surface area contributed by atoms with Crippen LogP contribution in [0.25, 0.3) is 10.8 Å². The smallest absolute Gasteiger partial charge is 0.116 e. The molecule has 2 nitrogen and oxygen atoms in total. The van der Waals surface area contributed by atoms with Gasteiger partial charge in [0.15, 0.2) is 0 Å². The summed E-state index contributed by atoms with van der Waals surface area (Å²) in [5.41, 5.74) is 1.88. The molecule has 0 bridgehead atoms. The summed E-state index contributed by atoms with van der Waals surface area (Å²) in [6.45, 7) is 18.1. The average Bonchev–Trinajstić information content (AvgIpc) is 2.73. The summed E-state index contributed by atoms with van der Waals surface area (Å²) < 4.78 is 0. The fourth-order valence-corrected chi connectivity index (χ4v) is 3.77. The molecule has 3 rings (SSSR count). The van der Waals surface area contributed by atoms with E-state index in [1.54, 1.807) is 24.3 Å². The van der Waals surface area contributed by atoms with Gasteiger partial charge in [0.2, 0.25) is 0 Å². The minimum absolute atomic E-state index is 0.240. The van der Waals surface area contributed by atoms with Gasteiger partial charge in [-0.2, -0.15) is 0 Å². The van der Waals surface area contributed by atoms with Crippen LogP contribution in [0.2, 0.25) is 0 Å². The first-order valence-corrected chi connectivity index (χ1v) is 12.3. The summed E-state index contributed by atoms with van der Waals surface area (Å²) in [6.07, 6.45) is 5.23. The van der Waals surface area contributed by atoms with Crippen molar-refractivity contribution in [3.05, 3.63) is 72.3 Å². The first-order valence-electron chi connectivity index (χ1n) is 12.3. The summed E-state index contributed by atoms with van der Waals surface area (Å²) in [7, 11) is 0. The van der Waals surface area contributed by atoms with Gasteiger partial charge in [-0.25, -0.2) is 0 Å². The van der Waals surface area contributed by atoms with Crippen molar-refractivity contribution < 1.29 is 10.2 Å². The summed E-state index contributed by atoms with van der Waals surface area (Å²) in [6, 6.07) is 21.0. The third-order valence-corrected chi connectivity index (χ3v) is 5.60. The second-order valence-corrected chi connectivity index (χ2v) is 11.2. The van der Waals surface area contributed by atoms with Crippen LogP contribution in [0.3, 0.4) is 0 Å². The van der Waals surface area contributed by atoms with Gasteiger partial charge in [-0.3, -0.25) is 0 Å². The van der Waals surface area contributed by atoms with Crippen molar-refractivity contribution in [2.45, 2.75) is 87.0 Å². The minimum atomic E-state index is 0.240. The molecule has 0 spiro atoms. The average molecular weight is 451 g/mol. The van der Waals surface area contributed by atoms with Crippen LogP contribution in [-0.2, 0) is 0 Å². The normalized spacial score (nSPS) is 12.2. The summed E-state index contributed by atoms with van der Waals surface area (Å²) in [5, 5.41) is 20.7. The number of phenolic OH excluding ortho intramolecular Hbond substituents is 2. The molecular formula is C31H46O2. The zero-order chi connectivity index (χ0) is 25.1. The second kappa shape index (κ2) is 13.3. The number of phenols is 2. The van der Waals surface area contributed by atoms with Crippen LogP contribution in [0.15, 0.2) is 66.7 Å². The third kappa shape index (κ3) is 11.3. The third-order valence-electron chi connectivity index (χ3n) is 5.60. The van der Waals surface area contributed by atoms with Crippen LogP contribution < -0.4 is 0 Å². The molecule has 1 unspecified atom stereocenters. The predicted molar refractivity (Wildman–Crippen MR) is 145 cm³/mol. The molecule has 0 aliphatic heterocycles. The summed E-state index contributed by atoms with van der Waals surface area (Å²) in [5.74, 6) is 1.18. The van der Waals surface area contributed by atoms with Crippen molar-refractivity contribution >= 4 is 10.8 Å². The van der Waals surface area contributed by atoms with Crippen LogP contribution in [0.5, 0.6) is 11.5 Å². The molecule has 3 aromatic carbocycles. The highest BCUT2D eigenvalue weighted by Gasteiger charge is 2.30. The Morgan fingerprint density at radius 3 is 1.64 bits per heavy atom. The van der Waals surface area contributed by atoms with Crippen molar-refractivity contribution in [3.63, 3.8) is 0 Å². The van der Waals surface area contributed by atoms with Crippen molar-refractivity contribution in [3.8, 4) is 11.5 Å². The number of hydrogen-bond donors (Lipinski definition) is 2. The van der Waals surface area contributed by atoms with Gasteiger partial charge in [-0.05, 0) is 63.8 Å². The maximum Gasteiger partial charge on any atom is 0.116 e. The Hall–Kier alpha value is -2.48. The molecule has 0 aliphatic carbocycles. The molecule has 0 fully saturated rings. The Balaban J connectivity index is 0.000000289. The molecule has 0 amide bonds. The SMILES string of the molecule is CC(C)(C)CC(c1ccc(O)cc1)C(C)(C)C.CCCCC.Oc1ccc2ccccc2c1. The maximum atomic E-state index is 9.37. The largest absolute Gasteiger partial charge is 0.508 e. The fourth-order valence-electron chi connectivity index (χ4n) is 3.77. The first kappa shape index (κ1) is 28.6. The Morgan fingerprint density at radius 2 is 1.18 bits per heavy atom. The van der Waals surface area contributed by atoms with Gasteiger partial charge in [0.1, 0.15) is 11.5 Å². The van der Waals surface area contributed by atoms with E-state index in [1.807, 2.05) is 30.3 Å². The number of fused-ring (bicyclic) bond motifs is 1. The molecule has 0 aromatic heterocycles. The maximum absolute atomic E-state index is 9.37. The summed E-state index contributed by atoms with van der Waals surface area (Å²) in [4.78, 5) is 0. The molecule has 0 heterocycles. The Kier molecular flexibility index (Phi) is 11.5. The zero-order valence-electron chi connectivity index (χ0n) is 22.2. The van der Waals surface area contributed by atoms with Crippen LogP contribution in [-0.4, -0.2) is 10.2 Å². The fraction of sp³-hybridized carbons (Fsp3) is 0.484. The Bertz CT molecular complexity index is 926. The molecule has 2 heteroatoms. The van der Waals surface area contributed by atoms with E-state index in [1.165, 1.54) is 24.8 Å². The highest BCUT2D eigenvalue weighted by atomic mass is 16.3. The molecule has 2 N–H and O–H groups in total. The second-order valence-electron chi connectivity index (χ2n) is 11.2. The van der Waals surface area contributed by atoms with Crippen LogP contribution in [0.1, 0.15) is 92.6 Å². The van der Waals surface area contributed by atoms with E-state index >= 15 is 0 Å². The number of aromatic hydroxyl groups is 2. The van der Waals surface area contributed by atoms with Gasteiger partial charge in [0.25, 0.3) is 0 Å². The van der Waals surface area contributed by atoms with Gasteiger partial charge >= 0.3 is 0 Å².